The van der Waals surface area contributed by atoms with E-state index >= 15 is 0 Å². The third-order valence-electron chi connectivity index (χ3n) is 1.56. The lowest BCUT2D eigenvalue weighted by molar-refractivity contribution is 1.50. The molecule has 1 heteroatoms. The first kappa shape index (κ1) is 8.54. The average molecular weight is 211 g/mol. The first-order valence-corrected chi connectivity index (χ1v) is 4.42. The molecule has 0 nitrogen and oxygen atoms in total. The lowest BCUT2D eigenvalue weighted by Gasteiger charge is -1.88. The minimum atomic E-state index is 1.12. The van der Waals surface area contributed by atoms with Gasteiger partial charge in [0.05, 0.1) is 0 Å². The van der Waals surface area contributed by atoms with Gasteiger partial charge in [0.25, 0.3) is 0 Å². The second-order valence-electron chi connectivity index (χ2n) is 2.48. The molecule has 0 unspecified atom stereocenters. The van der Waals surface area contributed by atoms with Crippen molar-refractivity contribution >= 4 is 15.9 Å². The van der Waals surface area contributed by atoms with Crippen molar-refractivity contribution in [2.75, 3.05) is 0 Å². The molecule has 0 amide bonds. The van der Waals surface area contributed by atoms with E-state index in [1.807, 2.05) is 13.0 Å². The Morgan fingerprint density at radius 1 is 1.36 bits per heavy atom. The van der Waals surface area contributed by atoms with Gasteiger partial charge in [-0.3, -0.25) is 0 Å². The molecule has 0 aromatic carbocycles. The molecule has 0 fully saturated rings. The van der Waals surface area contributed by atoms with Crippen molar-refractivity contribution in [3.8, 4) is 0 Å². The summed E-state index contributed by atoms with van der Waals surface area (Å²) >= 11 is 3.41. The molecular formula is C10H11Br. The zero-order valence-corrected chi connectivity index (χ0v) is 8.35. The summed E-state index contributed by atoms with van der Waals surface area (Å²) in [5.41, 5.74) is 2.68. The smallest absolute Gasteiger partial charge is 0.0132 e. The van der Waals surface area contributed by atoms with Crippen molar-refractivity contribution in [2.45, 2.75) is 13.8 Å². The molecule has 0 aromatic heterocycles. The van der Waals surface area contributed by atoms with E-state index in [0.29, 0.717) is 0 Å². The van der Waals surface area contributed by atoms with Crippen LogP contribution in [0, 0.1) is 0 Å². The number of allylic oxidation sites excluding steroid dienone is 8. The van der Waals surface area contributed by atoms with Gasteiger partial charge in [0.15, 0.2) is 0 Å². The summed E-state index contributed by atoms with van der Waals surface area (Å²) in [5, 5.41) is 0. The molecule has 11 heavy (non-hydrogen) atoms. The molecule has 0 saturated heterocycles. The Bertz CT molecular complexity index is 257. The second-order valence-corrected chi connectivity index (χ2v) is 3.39. The Morgan fingerprint density at radius 3 is 2.45 bits per heavy atom. The zero-order chi connectivity index (χ0) is 8.27. The monoisotopic (exact) mass is 210 g/mol. The van der Waals surface area contributed by atoms with Gasteiger partial charge >= 0.3 is 0 Å². The van der Waals surface area contributed by atoms with E-state index in [1.54, 1.807) is 0 Å². The van der Waals surface area contributed by atoms with Crippen molar-refractivity contribution in [3.05, 3.63) is 46.0 Å². The summed E-state index contributed by atoms with van der Waals surface area (Å²) < 4.78 is 1.12. The fraction of sp³-hybridized carbons (Fsp3) is 0.200. The van der Waals surface area contributed by atoms with Gasteiger partial charge in [-0.15, -0.1) is 0 Å². The van der Waals surface area contributed by atoms with Crippen molar-refractivity contribution in [1.29, 1.82) is 0 Å². The topological polar surface area (TPSA) is 0 Å². The fourth-order valence-corrected chi connectivity index (χ4v) is 0.834. The lowest BCUT2D eigenvalue weighted by Crippen LogP contribution is -1.67. The van der Waals surface area contributed by atoms with Gasteiger partial charge in [-0.1, -0.05) is 40.2 Å². The van der Waals surface area contributed by atoms with Gasteiger partial charge < -0.3 is 0 Å². The second kappa shape index (κ2) is 3.72. The summed E-state index contributed by atoms with van der Waals surface area (Å²) in [6.45, 7) is 4.12. The van der Waals surface area contributed by atoms with Crippen LogP contribution in [0.1, 0.15) is 13.8 Å². The molecule has 58 valence electrons. The van der Waals surface area contributed by atoms with Crippen LogP contribution in [0.4, 0.5) is 0 Å². The molecule has 0 spiro atoms. The summed E-state index contributed by atoms with van der Waals surface area (Å²) in [7, 11) is 0. The molecule has 1 aliphatic carbocycles. The molecule has 1 aliphatic rings. The van der Waals surface area contributed by atoms with Gasteiger partial charge in [-0.05, 0) is 31.1 Å². The number of halogens is 1. The highest BCUT2D eigenvalue weighted by molar-refractivity contribution is 9.11. The fourth-order valence-electron chi connectivity index (χ4n) is 0.702. The standard InChI is InChI=1S/C10H11Br/c1-3-10(11)7-4-8(2)9-5-6-9/h3-7H,1-2H3/b7-4-,10-3+. The Hall–Kier alpha value is -0.560. The maximum atomic E-state index is 3.41. The van der Waals surface area contributed by atoms with E-state index in [1.165, 1.54) is 11.1 Å². The largest absolute Gasteiger partial charge is 0.0734 e. The summed E-state index contributed by atoms with van der Waals surface area (Å²) in [5.74, 6) is 0. The summed E-state index contributed by atoms with van der Waals surface area (Å²) in [6, 6.07) is 0. The Morgan fingerprint density at radius 2 is 2.00 bits per heavy atom. The third kappa shape index (κ3) is 2.89. The SMILES string of the molecule is C/C=C(Br)\C=C/C(C)=C1C=C1. The molecule has 0 heterocycles. The Balaban J connectivity index is 2.54. The maximum absolute atomic E-state index is 3.41. The van der Waals surface area contributed by atoms with E-state index in [0.717, 1.165) is 4.48 Å². The quantitative estimate of drug-likeness (QED) is 0.610. The normalized spacial score (nSPS) is 16.3. The average Bonchev–Trinajstić information content (AvgIpc) is 2.81. The zero-order valence-electron chi connectivity index (χ0n) is 6.76. The van der Waals surface area contributed by atoms with Crippen molar-refractivity contribution in [1.82, 2.24) is 0 Å². The van der Waals surface area contributed by atoms with Crippen LogP contribution in [0.25, 0.3) is 0 Å². The number of hydrogen-bond acceptors (Lipinski definition) is 0. The highest BCUT2D eigenvalue weighted by atomic mass is 79.9. The molecule has 0 aromatic rings. The summed E-state index contributed by atoms with van der Waals surface area (Å²) in [6.07, 6.45) is 10.4. The molecule has 0 N–H and O–H groups in total. The molecule has 0 aliphatic heterocycles. The molecule has 0 saturated carbocycles. The minimum Gasteiger partial charge on any atom is -0.0734 e. The van der Waals surface area contributed by atoms with Gasteiger partial charge in [0, 0.05) is 4.48 Å². The van der Waals surface area contributed by atoms with Crippen LogP contribution < -0.4 is 0 Å². The lowest BCUT2D eigenvalue weighted by atomic mass is 10.2. The molecule has 1 rings (SSSR count). The molecule has 0 bridgehead atoms. The van der Waals surface area contributed by atoms with Crippen LogP contribution >= 0.6 is 15.9 Å². The van der Waals surface area contributed by atoms with E-state index < -0.39 is 0 Å². The van der Waals surface area contributed by atoms with E-state index in [4.69, 9.17) is 0 Å². The first-order chi connectivity index (χ1) is 5.24. The summed E-state index contributed by atoms with van der Waals surface area (Å²) in [4.78, 5) is 0. The number of rotatable bonds is 2. The predicted molar refractivity (Wildman–Crippen MR) is 53.7 cm³/mol. The number of hydrogen-bond donors (Lipinski definition) is 0. The first-order valence-electron chi connectivity index (χ1n) is 3.63. The van der Waals surface area contributed by atoms with Crippen molar-refractivity contribution in [2.24, 2.45) is 0 Å². The minimum absolute atomic E-state index is 1.12. The highest BCUT2D eigenvalue weighted by Gasteiger charge is 2.00. The molecule has 0 radical (unpaired) electrons. The van der Waals surface area contributed by atoms with Crippen LogP contribution in [0.2, 0.25) is 0 Å². The van der Waals surface area contributed by atoms with Crippen LogP contribution in [0.15, 0.2) is 46.0 Å². The van der Waals surface area contributed by atoms with Crippen LogP contribution in [0.5, 0.6) is 0 Å². The molecular weight excluding hydrogens is 200 g/mol. The van der Waals surface area contributed by atoms with Crippen LogP contribution in [-0.2, 0) is 0 Å². The highest BCUT2D eigenvalue weighted by Crippen LogP contribution is 2.20. The van der Waals surface area contributed by atoms with E-state index in [-0.39, 0.29) is 0 Å². The van der Waals surface area contributed by atoms with E-state index in [9.17, 15) is 0 Å². The van der Waals surface area contributed by atoms with Gasteiger partial charge in [-0.25, -0.2) is 0 Å². The van der Waals surface area contributed by atoms with E-state index in [2.05, 4.69) is 47.2 Å². The maximum Gasteiger partial charge on any atom is 0.0132 e. The molecule has 0 atom stereocenters. The van der Waals surface area contributed by atoms with Crippen LogP contribution in [0.3, 0.4) is 0 Å². The van der Waals surface area contributed by atoms with Crippen molar-refractivity contribution < 1.29 is 0 Å². The Kier molecular flexibility index (Phi) is 2.89. The third-order valence-corrected chi connectivity index (χ3v) is 2.28. The van der Waals surface area contributed by atoms with Gasteiger partial charge in [0.1, 0.15) is 0 Å². The van der Waals surface area contributed by atoms with Gasteiger partial charge in [-0.2, -0.15) is 0 Å². The van der Waals surface area contributed by atoms with Crippen LogP contribution in [-0.4, -0.2) is 0 Å². The van der Waals surface area contributed by atoms with Crippen molar-refractivity contribution in [3.63, 3.8) is 0 Å². The van der Waals surface area contributed by atoms with Gasteiger partial charge in [0.2, 0.25) is 0 Å². The predicted octanol–water partition coefficient (Wildman–Crippen LogP) is 3.73. The Labute approximate surface area is 76.1 Å².